The number of ether oxygens (including phenoxy) is 1. The van der Waals surface area contributed by atoms with Gasteiger partial charge in [0.05, 0.1) is 19.1 Å². The molecular formula is C15H18N3OS+. The van der Waals surface area contributed by atoms with Crippen LogP contribution in [0.25, 0.3) is 12.0 Å². The van der Waals surface area contributed by atoms with E-state index in [2.05, 4.69) is 35.2 Å². The highest BCUT2D eigenvalue weighted by Crippen LogP contribution is 2.32. The molecule has 1 aliphatic heterocycles. The topological polar surface area (TPSA) is 30.9 Å². The Balaban J connectivity index is 2.30. The standard InChI is InChI=1S/C15H18N3OS/c1-6-12-11(4)16-15-17-7-9(2)14(19-5)10(3)13(17)8-20-18(12)15/h6-7H,1,8H2,2-5H3/q+1. The number of methoxy groups -OCH3 is 1. The first-order valence-corrected chi connectivity index (χ1v) is 7.47. The van der Waals surface area contributed by atoms with Crippen molar-refractivity contribution in [2.45, 2.75) is 26.5 Å². The Hall–Kier alpha value is -1.75. The summed E-state index contributed by atoms with van der Waals surface area (Å²) in [5, 5.41) is 0. The molecule has 5 heteroatoms. The van der Waals surface area contributed by atoms with E-state index in [9.17, 15) is 0 Å². The Morgan fingerprint density at radius 3 is 2.85 bits per heavy atom. The maximum Gasteiger partial charge on any atom is 0.415 e. The first kappa shape index (κ1) is 13.2. The van der Waals surface area contributed by atoms with Gasteiger partial charge >= 0.3 is 5.95 Å². The molecule has 0 unspecified atom stereocenters. The molecule has 0 saturated heterocycles. The molecule has 0 N–H and O–H groups in total. The second-order valence-corrected chi connectivity index (χ2v) is 5.85. The molecule has 0 atom stereocenters. The van der Waals surface area contributed by atoms with Crippen molar-refractivity contribution >= 4 is 18.0 Å². The van der Waals surface area contributed by atoms with E-state index in [1.165, 1.54) is 11.3 Å². The number of nitrogens with zero attached hydrogens (tertiary/aromatic N) is 3. The molecule has 2 aromatic rings. The minimum absolute atomic E-state index is 0.895. The van der Waals surface area contributed by atoms with Crippen molar-refractivity contribution in [2.75, 3.05) is 7.11 Å². The summed E-state index contributed by atoms with van der Waals surface area (Å²) in [6.07, 6.45) is 3.97. The summed E-state index contributed by atoms with van der Waals surface area (Å²) in [7, 11) is 1.73. The van der Waals surface area contributed by atoms with Crippen LogP contribution in [0.5, 0.6) is 5.75 Å². The van der Waals surface area contributed by atoms with Crippen LogP contribution in [0.4, 0.5) is 0 Å². The third-order valence-electron chi connectivity index (χ3n) is 3.73. The van der Waals surface area contributed by atoms with Gasteiger partial charge in [0, 0.05) is 23.1 Å². The van der Waals surface area contributed by atoms with Crippen LogP contribution in [0.1, 0.15) is 28.2 Å². The van der Waals surface area contributed by atoms with Gasteiger partial charge in [0.1, 0.15) is 11.4 Å². The zero-order valence-corrected chi connectivity index (χ0v) is 13.0. The number of hydrogen-bond donors (Lipinski definition) is 0. The molecule has 1 aliphatic rings. The summed E-state index contributed by atoms with van der Waals surface area (Å²) in [6.45, 7) is 10.1. The van der Waals surface area contributed by atoms with Crippen LogP contribution in [-0.2, 0) is 5.75 Å². The van der Waals surface area contributed by atoms with Gasteiger partial charge in [-0.2, -0.15) is 3.97 Å². The van der Waals surface area contributed by atoms with Crippen molar-refractivity contribution in [2.24, 2.45) is 0 Å². The van der Waals surface area contributed by atoms with Crippen LogP contribution < -0.4 is 9.30 Å². The lowest BCUT2D eigenvalue weighted by molar-refractivity contribution is -0.613. The molecule has 0 fully saturated rings. The Kier molecular flexibility index (Phi) is 3.09. The molecule has 0 spiro atoms. The predicted octanol–water partition coefficient (Wildman–Crippen LogP) is 2.75. The first-order valence-electron chi connectivity index (χ1n) is 6.52. The van der Waals surface area contributed by atoms with Gasteiger partial charge in [-0.25, -0.2) is 4.57 Å². The van der Waals surface area contributed by atoms with Crippen molar-refractivity contribution in [1.82, 2.24) is 8.96 Å². The number of pyridine rings is 1. The summed E-state index contributed by atoms with van der Waals surface area (Å²) in [6, 6.07) is 0. The molecule has 4 nitrogen and oxygen atoms in total. The monoisotopic (exact) mass is 288 g/mol. The minimum Gasteiger partial charge on any atom is -0.496 e. The minimum atomic E-state index is 0.895. The van der Waals surface area contributed by atoms with Gasteiger partial charge in [-0.3, -0.25) is 0 Å². The van der Waals surface area contributed by atoms with Crippen LogP contribution in [0.2, 0.25) is 0 Å². The van der Waals surface area contributed by atoms with Crippen molar-refractivity contribution in [1.29, 1.82) is 0 Å². The molecule has 0 saturated carbocycles. The molecule has 0 bridgehead atoms. The number of rotatable bonds is 2. The average Bonchev–Trinajstić information content (AvgIpc) is 2.75. The fourth-order valence-electron chi connectivity index (χ4n) is 2.75. The molecule has 3 rings (SSSR count). The van der Waals surface area contributed by atoms with E-state index in [0.29, 0.717) is 0 Å². The van der Waals surface area contributed by atoms with Gasteiger partial charge in [-0.05, 0) is 26.8 Å². The summed E-state index contributed by atoms with van der Waals surface area (Å²) in [4.78, 5) is 4.69. The molecular weight excluding hydrogens is 270 g/mol. The summed E-state index contributed by atoms with van der Waals surface area (Å²) >= 11 is 1.75. The van der Waals surface area contributed by atoms with Crippen molar-refractivity contribution in [3.63, 3.8) is 0 Å². The SMILES string of the molecule is C=Cc1c(C)nc2n1SCc1c(C)c(OC)c(C)c[n+]1-2. The fourth-order valence-corrected chi connectivity index (χ4v) is 3.95. The predicted molar refractivity (Wildman–Crippen MR) is 81.3 cm³/mol. The Morgan fingerprint density at radius 2 is 2.20 bits per heavy atom. The Morgan fingerprint density at radius 1 is 1.45 bits per heavy atom. The van der Waals surface area contributed by atoms with E-state index in [1.807, 2.05) is 13.0 Å². The van der Waals surface area contributed by atoms with Gasteiger partial charge in [0.2, 0.25) is 0 Å². The summed E-state index contributed by atoms with van der Waals surface area (Å²) < 4.78 is 9.84. The number of aromatic nitrogens is 3. The third kappa shape index (κ3) is 1.69. The van der Waals surface area contributed by atoms with Crippen LogP contribution in [0.3, 0.4) is 0 Å². The Labute approximate surface area is 123 Å². The molecule has 0 aliphatic carbocycles. The van der Waals surface area contributed by atoms with E-state index < -0.39 is 0 Å². The zero-order valence-electron chi connectivity index (χ0n) is 12.2. The fraction of sp³-hybridized carbons (Fsp3) is 0.333. The smallest absolute Gasteiger partial charge is 0.415 e. The van der Waals surface area contributed by atoms with E-state index in [0.717, 1.165) is 34.4 Å². The van der Waals surface area contributed by atoms with Gasteiger partial charge in [0.15, 0.2) is 11.4 Å². The van der Waals surface area contributed by atoms with Gasteiger partial charge in [-0.15, -0.1) is 0 Å². The highest BCUT2D eigenvalue weighted by molar-refractivity contribution is 7.97. The van der Waals surface area contributed by atoms with E-state index in [-0.39, 0.29) is 0 Å². The largest absolute Gasteiger partial charge is 0.496 e. The second-order valence-electron chi connectivity index (χ2n) is 4.94. The van der Waals surface area contributed by atoms with Crippen LogP contribution in [-0.4, -0.2) is 16.1 Å². The first-order chi connectivity index (χ1) is 9.58. The molecule has 0 amide bonds. The lowest BCUT2D eigenvalue weighted by atomic mass is 10.1. The summed E-state index contributed by atoms with van der Waals surface area (Å²) in [5.41, 5.74) is 5.63. The Bertz CT molecular complexity index is 719. The zero-order chi connectivity index (χ0) is 14.4. The number of aryl methyl sites for hydroxylation is 2. The lowest BCUT2D eigenvalue weighted by Gasteiger charge is -2.18. The van der Waals surface area contributed by atoms with Crippen LogP contribution >= 0.6 is 11.9 Å². The van der Waals surface area contributed by atoms with E-state index in [4.69, 9.17) is 9.72 Å². The van der Waals surface area contributed by atoms with E-state index in [1.54, 1.807) is 19.1 Å². The van der Waals surface area contributed by atoms with Crippen molar-refractivity contribution in [3.05, 3.63) is 41.0 Å². The maximum absolute atomic E-state index is 5.51. The number of hydrogen-bond acceptors (Lipinski definition) is 3. The molecule has 0 aromatic carbocycles. The highest BCUT2D eigenvalue weighted by Gasteiger charge is 2.32. The average molecular weight is 288 g/mol. The van der Waals surface area contributed by atoms with Crippen LogP contribution in [0, 0.1) is 20.8 Å². The molecule has 3 heterocycles. The second kappa shape index (κ2) is 4.66. The summed E-state index contributed by atoms with van der Waals surface area (Å²) in [5.74, 6) is 2.81. The van der Waals surface area contributed by atoms with Gasteiger partial charge in [0.25, 0.3) is 0 Å². The van der Waals surface area contributed by atoms with Gasteiger partial charge in [-0.1, -0.05) is 11.6 Å². The van der Waals surface area contributed by atoms with Crippen molar-refractivity contribution in [3.8, 4) is 11.7 Å². The van der Waals surface area contributed by atoms with Gasteiger partial charge < -0.3 is 4.74 Å². The van der Waals surface area contributed by atoms with Crippen LogP contribution in [0.15, 0.2) is 12.8 Å². The molecule has 20 heavy (non-hydrogen) atoms. The third-order valence-corrected chi connectivity index (χ3v) is 4.75. The normalized spacial score (nSPS) is 12.8. The quantitative estimate of drug-likeness (QED) is 0.796. The molecule has 2 aromatic heterocycles. The highest BCUT2D eigenvalue weighted by atomic mass is 32.2. The molecule has 104 valence electrons. The lowest BCUT2D eigenvalue weighted by Crippen LogP contribution is -2.42. The number of fused-ring (bicyclic) bond motifs is 3. The van der Waals surface area contributed by atoms with E-state index >= 15 is 0 Å². The van der Waals surface area contributed by atoms with Crippen molar-refractivity contribution < 1.29 is 9.30 Å². The molecule has 0 radical (unpaired) electrons. The maximum atomic E-state index is 5.51. The number of imidazole rings is 1.